The van der Waals surface area contributed by atoms with Crippen molar-refractivity contribution in [1.82, 2.24) is 4.90 Å². The van der Waals surface area contributed by atoms with Gasteiger partial charge < -0.3 is 10.6 Å². The molecule has 0 unspecified atom stereocenters. The van der Waals surface area contributed by atoms with Gasteiger partial charge in [0.15, 0.2) is 9.84 Å². The molecule has 1 fully saturated rings. The summed E-state index contributed by atoms with van der Waals surface area (Å²) in [7, 11) is -3.47. The Kier molecular flexibility index (Phi) is 5.63. The van der Waals surface area contributed by atoms with Crippen LogP contribution in [0.25, 0.3) is 0 Å². The zero-order chi connectivity index (χ0) is 16.3. The molecule has 7 heteroatoms. The second kappa shape index (κ2) is 7.10. The second-order valence-electron chi connectivity index (χ2n) is 5.82. The van der Waals surface area contributed by atoms with E-state index in [1.165, 1.54) is 0 Å². The fourth-order valence-electron chi connectivity index (χ4n) is 2.66. The third kappa shape index (κ3) is 4.30. The van der Waals surface area contributed by atoms with Gasteiger partial charge in [-0.2, -0.15) is 0 Å². The van der Waals surface area contributed by atoms with Gasteiger partial charge in [0.1, 0.15) is 0 Å². The molecule has 1 aliphatic rings. The van der Waals surface area contributed by atoms with Gasteiger partial charge in [0.2, 0.25) is 5.91 Å². The van der Waals surface area contributed by atoms with Crippen molar-refractivity contribution in [2.75, 3.05) is 18.8 Å². The molecular formula is C15H21BrN2O3S. The lowest BCUT2D eigenvalue weighted by Crippen LogP contribution is -2.48. The van der Waals surface area contributed by atoms with E-state index in [0.29, 0.717) is 13.1 Å². The minimum atomic E-state index is -3.47. The van der Waals surface area contributed by atoms with Gasteiger partial charge in [0.25, 0.3) is 0 Å². The largest absolute Gasteiger partial charge is 0.341 e. The second-order valence-corrected chi connectivity index (χ2v) is 8.77. The van der Waals surface area contributed by atoms with E-state index >= 15 is 0 Å². The van der Waals surface area contributed by atoms with E-state index in [1.807, 2.05) is 0 Å². The van der Waals surface area contributed by atoms with E-state index in [-0.39, 0.29) is 22.6 Å². The molecule has 1 aliphatic heterocycles. The number of carbonyl (C=O) groups is 1. The first-order valence-electron chi connectivity index (χ1n) is 7.32. The van der Waals surface area contributed by atoms with Gasteiger partial charge in [0, 0.05) is 29.5 Å². The number of nitrogens with two attached hydrogens (primary N) is 1. The van der Waals surface area contributed by atoms with Crippen LogP contribution in [-0.2, 0) is 14.6 Å². The Labute approximate surface area is 139 Å². The summed E-state index contributed by atoms with van der Waals surface area (Å²) in [6.07, 6.45) is 1.79. The van der Waals surface area contributed by atoms with Gasteiger partial charge in [-0.3, -0.25) is 4.79 Å². The van der Waals surface area contributed by atoms with Crippen LogP contribution in [0.3, 0.4) is 0 Å². The Morgan fingerprint density at radius 1 is 1.41 bits per heavy atom. The van der Waals surface area contributed by atoms with Crippen molar-refractivity contribution in [2.24, 2.45) is 11.7 Å². The highest BCUT2D eigenvalue weighted by atomic mass is 79.9. The summed E-state index contributed by atoms with van der Waals surface area (Å²) in [6, 6.07) is 6.46. The maximum absolute atomic E-state index is 12.4. The maximum Gasteiger partial charge on any atom is 0.226 e. The molecule has 0 radical (unpaired) electrons. The zero-order valence-corrected chi connectivity index (χ0v) is 14.9. The quantitative estimate of drug-likeness (QED) is 0.852. The average Bonchev–Trinajstić information content (AvgIpc) is 2.46. The topological polar surface area (TPSA) is 80.5 Å². The van der Waals surface area contributed by atoms with E-state index in [0.717, 1.165) is 17.3 Å². The lowest BCUT2D eigenvalue weighted by atomic mass is 10.0. The van der Waals surface area contributed by atoms with E-state index in [2.05, 4.69) is 15.9 Å². The first-order valence-corrected chi connectivity index (χ1v) is 9.77. The van der Waals surface area contributed by atoms with Crippen LogP contribution in [0.15, 0.2) is 33.6 Å². The lowest BCUT2D eigenvalue weighted by Gasteiger charge is -2.32. The van der Waals surface area contributed by atoms with Gasteiger partial charge in [-0.15, -0.1) is 0 Å². The highest BCUT2D eigenvalue weighted by Crippen LogP contribution is 2.19. The van der Waals surface area contributed by atoms with Gasteiger partial charge >= 0.3 is 0 Å². The Morgan fingerprint density at radius 3 is 2.64 bits per heavy atom. The molecular weight excluding hydrogens is 368 g/mol. The van der Waals surface area contributed by atoms with Crippen molar-refractivity contribution < 1.29 is 13.2 Å². The highest BCUT2D eigenvalue weighted by molar-refractivity contribution is 9.10. The first kappa shape index (κ1) is 17.4. The molecule has 1 aromatic carbocycles. The molecule has 122 valence electrons. The standard InChI is InChI=1S/C15H21BrN2O3S/c1-11(15(19)18-8-2-3-13(17)9-18)10-22(20,21)14-6-4-12(16)5-7-14/h4-7,11,13H,2-3,8-10,17H2,1H3/t11-,13+/m0/s1. The van der Waals surface area contributed by atoms with Crippen LogP contribution in [0.4, 0.5) is 0 Å². The number of hydrogen-bond acceptors (Lipinski definition) is 4. The van der Waals surface area contributed by atoms with Gasteiger partial charge in [0.05, 0.1) is 10.6 Å². The number of benzene rings is 1. The summed E-state index contributed by atoms with van der Waals surface area (Å²) in [5, 5.41) is 0. The van der Waals surface area contributed by atoms with Crippen LogP contribution in [0.2, 0.25) is 0 Å². The number of hydrogen-bond donors (Lipinski definition) is 1. The summed E-state index contributed by atoms with van der Waals surface area (Å²) < 4.78 is 25.6. The van der Waals surface area contributed by atoms with Crippen molar-refractivity contribution >= 4 is 31.7 Å². The molecule has 5 nitrogen and oxygen atoms in total. The van der Waals surface area contributed by atoms with Crippen LogP contribution in [0.1, 0.15) is 19.8 Å². The van der Waals surface area contributed by atoms with E-state index < -0.39 is 15.8 Å². The molecule has 22 heavy (non-hydrogen) atoms. The Balaban J connectivity index is 2.05. The van der Waals surface area contributed by atoms with Crippen molar-refractivity contribution in [3.8, 4) is 0 Å². The van der Waals surface area contributed by atoms with Crippen LogP contribution < -0.4 is 5.73 Å². The van der Waals surface area contributed by atoms with E-state index in [9.17, 15) is 13.2 Å². The molecule has 1 aromatic rings. The summed E-state index contributed by atoms with van der Waals surface area (Å²) in [5.74, 6) is -0.881. The monoisotopic (exact) mass is 388 g/mol. The first-order chi connectivity index (χ1) is 10.3. The molecule has 1 saturated heterocycles. The van der Waals surface area contributed by atoms with Gasteiger partial charge in [-0.1, -0.05) is 22.9 Å². The summed E-state index contributed by atoms with van der Waals surface area (Å²) in [4.78, 5) is 14.3. The number of halogens is 1. The number of nitrogens with zero attached hydrogens (tertiary/aromatic N) is 1. The lowest BCUT2D eigenvalue weighted by molar-refractivity contribution is -0.135. The van der Waals surface area contributed by atoms with E-state index in [1.54, 1.807) is 36.1 Å². The maximum atomic E-state index is 12.4. The molecule has 1 amide bonds. The summed E-state index contributed by atoms with van der Waals surface area (Å²) in [5.41, 5.74) is 5.88. The number of sulfone groups is 1. The van der Waals surface area contributed by atoms with Crippen molar-refractivity contribution in [3.63, 3.8) is 0 Å². The van der Waals surface area contributed by atoms with E-state index in [4.69, 9.17) is 5.73 Å². The third-order valence-electron chi connectivity index (χ3n) is 3.83. The number of rotatable bonds is 4. The number of piperidine rings is 1. The SMILES string of the molecule is C[C@@H](CS(=O)(=O)c1ccc(Br)cc1)C(=O)N1CCC[C@@H](N)C1. The number of amides is 1. The smallest absolute Gasteiger partial charge is 0.226 e. The fourth-order valence-corrected chi connectivity index (χ4v) is 4.47. The Morgan fingerprint density at radius 2 is 2.05 bits per heavy atom. The third-order valence-corrected chi connectivity index (χ3v) is 6.29. The van der Waals surface area contributed by atoms with Gasteiger partial charge in [-0.05, 0) is 37.1 Å². The average molecular weight is 389 g/mol. The fraction of sp³-hybridized carbons (Fsp3) is 0.533. The van der Waals surface area contributed by atoms with Crippen molar-refractivity contribution in [2.45, 2.75) is 30.7 Å². The van der Waals surface area contributed by atoms with Crippen molar-refractivity contribution in [3.05, 3.63) is 28.7 Å². The molecule has 2 atom stereocenters. The number of carbonyl (C=O) groups excluding carboxylic acids is 1. The van der Waals surface area contributed by atoms with Crippen LogP contribution in [0.5, 0.6) is 0 Å². The molecule has 0 bridgehead atoms. The normalized spacial score (nSPS) is 20.7. The number of likely N-dealkylation sites (tertiary alicyclic amines) is 1. The molecule has 0 aromatic heterocycles. The molecule has 0 spiro atoms. The molecule has 2 N–H and O–H groups in total. The molecule has 0 saturated carbocycles. The van der Waals surface area contributed by atoms with Crippen LogP contribution in [-0.4, -0.2) is 44.1 Å². The Hall–Kier alpha value is -0.920. The molecule has 2 rings (SSSR count). The molecule has 1 heterocycles. The molecule has 0 aliphatic carbocycles. The minimum absolute atomic E-state index is 0.00650. The predicted molar refractivity (Wildman–Crippen MR) is 89.1 cm³/mol. The van der Waals surface area contributed by atoms with Crippen LogP contribution >= 0.6 is 15.9 Å². The zero-order valence-electron chi connectivity index (χ0n) is 12.5. The minimum Gasteiger partial charge on any atom is -0.341 e. The van der Waals surface area contributed by atoms with Crippen molar-refractivity contribution in [1.29, 1.82) is 0 Å². The highest BCUT2D eigenvalue weighted by Gasteiger charge is 2.29. The summed E-state index contributed by atoms with van der Waals surface area (Å²) >= 11 is 3.28. The summed E-state index contributed by atoms with van der Waals surface area (Å²) in [6.45, 7) is 2.84. The van der Waals surface area contributed by atoms with Crippen LogP contribution in [0, 0.1) is 5.92 Å². The van der Waals surface area contributed by atoms with Gasteiger partial charge in [-0.25, -0.2) is 8.42 Å². The Bertz CT molecular complexity index is 631. The predicted octanol–water partition coefficient (Wildman–Crippen LogP) is 1.81.